The smallest absolute Gasteiger partial charge is 0.259 e. The molecule has 5 nitrogen and oxygen atoms in total. The van der Waals surface area contributed by atoms with Gasteiger partial charge in [0.1, 0.15) is 11.5 Å². The molecule has 3 rings (SSSR count). The molecule has 1 unspecified atom stereocenters. The molecule has 0 bridgehead atoms. The van der Waals surface area contributed by atoms with Gasteiger partial charge in [0, 0.05) is 18.8 Å². The Morgan fingerprint density at radius 1 is 1.17 bits per heavy atom. The summed E-state index contributed by atoms with van der Waals surface area (Å²) in [5.41, 5.74) is 0.402. The largest absolute Gasteiger partial charge is 0.385 e. The molecule has 1 atom stereocenters. The highest BCUT2D eigenvalue weighted by Crippen LogP contribution is 2.23. The molecule has 0 aliphatic rings. The zero-order valence-corrected chi connectivity index (χ0v) is 12.9. The lowest BCUT2D eigenvalue weighted by Crippen LogP contribution is -2.25. The maximum atomic E-state index is 12.0. The van der Waals surface area contributed by atoms with Gasteiger partial charge in [-0.25, -0.2) is 4.98 Å². The number of rotatable bonds is 5. The van der Waals surface area contributed by atoms with Crippen LogP contribution in [0.15, 0.2) is 65.6 Å². The van der Waals surface area contributed by atoms with Crippen molar-refractivity contribution in [3.63, 3.8) is 0 Å². The van der Waals surface area contributed by atoms with Gasteiger partial charge in [0.05, 0.1) is 5.60 Å². The van der Waals surface area contributed by atoms with Crippen molar-refractivity contribution < 1.29 is 5.11 Å². The average molecular weight is 309 g/mol. The molecule has 0 aliphatic heterocycles. The summed E-state index contributed by atoms with van der Waals surface area (Å²) in [6.07, 6.45) is 2.20. The third-order valence-electron chi connectivity index (χ3n) is 3.88. The molecule has 0 radical (unpaired) electrons. The molecule has 0 saturated heterocycles. The molecule has 118 valence electrons. The topological polar surface area (TPSA) is 66.6 Å². The highest BCUT2D eigenvalue weighted by Gasteiger charge is 2.22. The zero-order valence-electron chi connectivity index (χ0n) is 12.9. The van der Waals surface area contributed by atoms with E-state index in [4.69, 9.17) is 0 Å². The predicted octanol–water partition coefficient (Wildman–Crippen LogP) is 2.40. The number of nitrogens with zero attached hydrogens (tertiary/aromatic N) is 2. The third-order valence-corrected chi connectivity index (χ3v) is 3.88. The Morgan fingerprint density at radius 3 is 2.70 bits per heavy atom. The number of benzene rings is 1. The number of fused-ring (bicyclic) bond motifs is 1. The molecule has 0 saturated carbocycles. The molecule has 0 spiro atoms. The molecule has 1 aromatic carbocycles. The number of hydrogen-bond donors (Lipinski definition) is 2. The molecule has 2 aromatic heterocycles. The van der Waals surface area contributed by atoms with E-state index in [1.807, 2.05) is 36.4 Å². The second kappa shape index (κ2) is 6.22. The maximum Gasteiger partial charge on any atom is 0.259 e. The molecule has 0 amide bonds. The summed E-state index contributed by atoms with van der Waals surface area (Å²) in [5, 5.41) is 13.7. The Kier molecular flexibility index (Phi) is 4.12. The Morgan fingerprint density at radius 2 is 1.91 bits per heavy atom. The van der Waals surface area contributed by atoms with Crippen LogP contribution in [0.5, 0.6) is 0 Å². The van der Waals surface area contributed by atoms with Gasteiger partial charge < -0.3 is 10.4 Å². The number of anilines is 1. The second-order valence-electron chi connectivity index (χ2n) is 5.73. The minimum absolute atomic E-state index is 0.132. The maximum absolute atomic E-state index is 12.0. The summed E-state index contributed by atoms with van der Waals surface area (Å²) in [6.45, 7) is 2.30. The van der Waals surface area contributed by atoms with Crippen molar-refractivity contribution in [3.05, 3.63) is 76.7 Å². The van der Waals surface area contributed by atoms with E-state index < -0.39 is 5.60 Å². The number of pyridine rings is 1. The van der Waals surface area contributed by atoms with Gasteiger partial charge in [0.25, 0.3) is 5.56 Å². The normalized spacial score (nSPS) is 13.7. The van der Waals surface area contributed by atoms with Crippen molar-refractivity contribution in [1.29, 1.82) is 0 Å². The van der Waals surface area contributed by atoms with E-state index in [0.717, 1.165) is 5.56 Å². The summed E-state index contributed by atoms with van der Waals surface area (Å²) in [7, 11) is 0. The summed E-state index contributed by atoms with van der Waals surface area (Å²) in [6, 6.07) is 16.4. The van der Waals surface area contributed by atoms with Crippen molar-refractivity contribution in [3.8, 4) is 0 Å². The van der Waals surface area contributed by atoms with Crippen LogP contribution in [0.3, 0.4) is 0 Å². The summed E-state index contributed by atoms with van der Waals surface area (Å²) in [4.78, 5) is 16.4. The molecule has 0 aliphatic carbocycles. The number of aliphatic hydroxyl groups is 1. The molecule has 5 heteroatoms. The minimum Gasteiger partial charge on any atom is -0.385 e. The highest BCUT2D eigenvalue weighted by molar-refractivity contribution is 5.46. The van der Waals surface area contributed by atoms with Crippen LogP contribution in [0.2, 0.25) is 0 Å². The number of hydrogen-bond acceptors (Lipinski definition) is 4. The fraction of sp³-hybridized carbons (Fsp3) is 0.222. The fourth-order valence-corrected chi connectivity index (χ4v) is 2.52. The van der Waals surface area contributed by atoms with Gasteiger partial charge in [-0.2, -0.15) is 0 Å². The van der Waals surface area contributed by atoms with E-state index in [1.165, 1.54) is 10.5 Å². The Hall–Kier alpha value is -2.66. The Labute approximate surface area is 134 Å². The molecule has 0 fully saturated rings. The average Bonchev–Trinajstić information content (AvgIpc) is 2.56. The van der Waals surface area contributed by atoms with E-state index in [0.29, 0.717) is 24.4 Å². The van der Waals surface area contributed by atoms with Crippen LogP contribution in [-0.4, -0.2) is 21.0 Å². The lowest BCUT2D eigenvalue weighted by molar-refractivity contribution is 0.0515. The monoisotopic (exact) mass is 309 g/mol. The van der Waals surface area contributed by atoms with Crippen molar-refractivity contribution in [2.24, 2.45) is 0 Å². The molecule has 2 heterocycles. The summed E-state index contributed by atoms with van der Waals surface area (Å²) in [5.74, 6) is 0.519. The standard InChI is InChI=1S/C18H19N3O2/c1-18(23,14-7-3-2-4-8-14)10-11-19-15-13-17(22)21-12-6-5-9-16(21)20-15/h2-9,12-13,19,23H,10-11H2,1H3. The van der Waals surface area contributed by atoms with Crippen LogP contribution < -0.4 is 10.9 Å². The first kappa shape index (κ1) is 15.2. The zero-order chi connectivity index (χ0) is 16.3. The Balaban J connectivity index is 1.70. The van der Waals surface area contributed by atoms with Crippen LogP contribution in [0.4, 0.5) is 5.82 Å². The minimum atomic E-state index is -0.930. The van der Waals surface area contributed by atoms with Crippen molar-refractivity contribution in [2.75, 3.05) is 11.9 Å². The van der Waals surface area contributed by atoms with E-state index in [1.54, 1.807) is 25.3 Å². The molecular formula is C18H19N3O2. The van der Waals surface area contributed by atoms with E-state index in [2.05, 4.69) is 10.3 Å². The number of aromatic nitrogens is 2. The predicted molar refractivity (Wildman–Crippen MR) is 90.6 cm³/mol. The van der Waals surface area contributed by atoms with Crippen molar-refractivity contribution in [1.82, 2.24) is 9.38 Å². The summed E-state index contributed by atoms with van der Waals surface area (Å²) >= 11 is 0. The van der Waals surface area contributed by atoms with Crippen LogP contribution >= 0.6 is 0 Å². The molecule has 23 heavy (non-hydrogen) atoms. The number of nitrogens with one attached hydrogen (secondary N) is 1. The van der Waals surface area contributed by atoms with Crippen LogP contribution in [0, 0.1) is 0 Å². The van der Waals surface area contributed by atoms with Gasteiger partial charge in [-0.1, -0.05) is 36.4 Å². The molecular weight excluding hydrogens is 290 g/mol. The van der Waals surface area contributed by atoms with Crippen LogP contribution in [-0.2, 0) is 5.60 Å². The van der Waals surface area contributed by atoms with E-state index in [-0.39, 0.29) is 5.56 Å². The first-order valence-electron chi connectivity index (χ1n) is 7.56. The van der Waals surface area contributed by atoms with Gasteiger partial charge in [-0.05, 0) is 31.0 Å². The fourth-order valence-electron chi connectivity index (χ4n) is 2.52. The van der Waals surface area contributed by atoms with Crippen molar-refractivity contribution in [2.45, 2.75) is 18.9 Å². The van der Waals surface area contributed by atoms with Gasteiger partial charge in [0.2, 0.25) is 0 Å². The van der Waals surface area contributed by atoms with Crippen LogP contribution in [0.25, 0.3) is 5.65 Å². The lowest BCUT2D eigenvalue weighted by Gasteiger charge is -2.24. The van der Waals surface area contributed by atoms with Gasteiger partial charge in [0.15, 0.2) is 0 Å². The quantitative estimate of drug-likeness (QED) is 0.759. The highest BCUT2D eigenvalue weighted by atomic mass is 16.3. The van der Waals surface area contributed by atoms with Crippen LogP contribution in [0.1, 0.15) is 18.9 Å². The summed E-state index contributed by atoms with van der Waals surface area (Å²) < 4.78 is 1.49. The first-order valence-corrected chi connectivity index (χ1v) is 7.56. The third kappa shape index (κ3) is 3.40. The van der Waals surface area contributed by atoms with E-state index >= 15 is 0 Å². The van der Waals surface area contributed by atoms with Crippen molar-refractivity contribution >= 4 is 11.5 Å². The van der Waals surface area contributed by atoms with Gasteiger partial charge in [-0.15, -0.1) is 0 Å². The van der Waals surface area contributed by atoms with Gasteiger partial charge >= 0.3 is 0 Å². The lowest BCUT2D eigenvalue weighted by atomic mass is 9.93. The first-order chi connectivity index (χ1) is 11.1. The SMILES string of the molecule is CC(O)(CCNc1cc(=O)n2ccccc2n1)c1ccccc1. The second-order valence-corrected chi connectivity index (χ2v) is 5.73. The Bertz CT molecular complexity index is 857. The van der Waals surface area contributed by atoms with Gasteiger partial charge in [-0.3, -0.25) is 9.20 Å². The van der Waals surface area contributed by atoms with E-state index in [9.17, 15) is 9.90 Å². The molecule has 3 aromatic rings. The molecule has 2 N–H and O–H groups in total.